The van der Waals surface area contributed by atoms with E-state index in [1.165, 1.54) is 12.2 Å². The molecule has 0 radical (unpaired) electrons. The topological polar surface area (TPSA) is 29.5 Å². The number of rotatable bonds is 7. The minimum Gasteiger partial charge on any atom is -0.496 e. The summed E-state index contributed by atoms with van der Waals surface area (Å²) in [7, 11) is 1.59. The van der Waals surface area contributed by atoms with E-state index < -0.39 is 0 Å². The third kappa shape index (κ3) is 4.64. The second kappa shape index (κ2) is 8.80. The predicted octanol–water partition coefficient (Wildman–Crippen LogP) is 4.00. The maximum Gasteiger partial charge on any atom is 0.170 e. The fraction of sp³-hybridized carbons (Fsp3) is 0.588. The van der Waals surface area contributed by atoms with Crippen LogP contribution >= 0.6 is 23.4 Å². The Morgan fingerprint density at radius 3 is 3.05 bits per heavy atom. The highest BCUT2D eigenvalue weighted by Crippen LogP contribution is 2.28. The van der Waals surface area contributed by atoms with Crippen molar-refractivity contribution in [3.05, 3.63) is 28.8 Å². The summed E-state index contributed by atoms with van der Waals surface area (Å²) in [5.41, 5.74) is 0.617. The van der Waals surface area contributed by atoms with Gasteiger partial charge in [0.2, 0.25) is 0 Å². The third-order valence-electron chi connectivity index (χ3n) is 4.13. The number of ether oxygens (including phenoxy) is 1. The van der Waals surface area contributed by atoms with E-state index in [0.717, 1.165) is 32.5 Å². The van der Waals surface area contributed by atoms with E-state index in [1.807, 2.05) is 11.8 Å². The van der Waals surface area contributed by atoms with Crippen molar-refractivity contribution in [2.24, 2.45) is 5.92 Å². The van der Waals surface area contributed by atoms with Crippen molar-refractivity contribution in [3.8, 4) is 5.75 Å². The molecule has 3 nitrogen and oxygen atoms in total. The number of halogens is 1. The van der Waals surface area contributed by atoms with E-state index in [9.17, 15) is 4.79 Å². The Hall–Kier alpha value is -0.710. The molecule has 122 valence electrons. The van der Waals surface area contributed by atoms with Crippen molar-refractivity contribution in [1.82, 2.24) is 4.90 Å². The minimum absolute atomic E-state index is 0.0513. The van der Waals surface area contributed by atoms with E-state index in [4.69, 9.17) is 16.3 Å². The molecule has 0 spiro atoms. The minimum atomic E-state index is 0.0513. The molecule has 1 aromatic rings. The molecule has 0 N–H and O–H groups in total. The van der Waals surface area contributed by atoms with Crippen LogP contribution in [-0.2, 0) is 0 Å². The average molecular weight is 342 g/mol. The van der Waals surface area contributed by atoms with Crippen LogP contribution in [0.3, 0.4) is 0 Å². The second-order valence-corrected chi connectivity index (χ2v) is 7.12. The first-order valence-corrected chi connectivity index (χ1v) is 9.52. The van der Waals surface area contributed by atoms with E-state index >= 15 is 0 Å². The van der Waals surface area contributed by atoms with E-state index in [2.05, 4.69) is 11.2 Å². The van der Waals surface area contributed by atoms with Crippen molar-refractivity contribution in [1.29, 1.82) is 0 Å². The maximum absolute atomic E-state index is 12.8. The lowest BCUT2D eigenvalue weighted by atomic mass is 9.89. The molecule has 0 saturated carbocycles. The van der Waals surface area contributed by atoms with Gasteiger partial charge in [-0.25, -0.2) is 0 Å². The third-order valence-corrected chi connectivity index (χ3v) is 5.06. The number of thioether (sulfide) groups is 1. The fourth-order valence-corrected chi connectivity index (χ4v) is 3.59. The molecule has 0 aromatic heterocycles. The number of methoxy groups -OCH3 is 1. The van der Waals surface area contributed by atoms with E-state index in [-0.39, 0.29) is 11.7 Å². The standard InChI is InChI=1S/C17H24ClNO2S/c1-21-16-7-6-14(18)11-15(16)17(20)13-5-3-8-19(12-13)9-4-10-22-2/h6-7,11,13H,3-5,8-10,12H2,1-2H3/t13-/m1/s1. The molecule has 0 unspecified atom stereocenters. The summed E-state index contributed by atoms with van der Waals surface area (Å²) in [6.45, 7) is 3.03. The van der Waals surface area contributed by atoms with Crippen LogP contribution in [0, 0.1) is 5.92 Å². The van der Waals surface area contributed by atoms with Gasteiger partial charge < -0.3 is 9.64 Å². The quantitative estimate of drug-likeness (QED) is 0.554. The van der Waals surface area contributed by atoms with Gasteiger partial charge in [-0.1, -0.05) is 11.6 Å². The Morgan fingerprint density at radius 1 is 1.50 bits per heavy atom. The van der Waals surface area contributed by atoms with Gasteiger partial charge in [0.05, 0.1) is 12.7 Å². The molecule has 1 saturated heterocycles. The van der Waals surface area contributed by atoms with E-state index in [0.29, 0.717) is 16.3 Å². The van der Waals surface area contributed by atoms with Gasteiger partial charge in [0.25, 0.3) is 0 Å². The van der Waals surface area contributed by atoms with Crippen molar-refractivity contribution in [2.45, 2.75) is 19.3 Å². The Balaban J connectivity index is 2.04. The number of hydrogen-bond donors (Lipinski definition) is 0. The number of piperidine rings is 1. The van der Waals surface area contributed by atoms with Crippen LogP contribution in [0.15, 0.2) is 18.2 Å². The molecule has 2 rings (SSSR count). The molecule has 1 aromatic carbocycles. The van der Waals surface area contributed by atoms with Gasteiger partial charge in [-0.2, -0.15) is 11.8 Å². The SMILES string of the molecule is COc1ccc(Cl)cc1C(=O)[C@@H]1CCCN(CCCSC)C1. The molecule has 1 heterocycles. The lowest BCUT2D eigenvalue weighted by molar-refractivity contribution is 0.0817. The average Bonchev–Trinajstić information content (AvgIpc) is 2.54. The number of ketones is 1. The summed E-state index contributed by atoms with van der Waals surface area (Å²) in [6.07, 6.45) is 5.35. The lowest BCUT2D eigenvalue weighted by Crippen LogP contribution is -2.39. The molecular weight excluding hydrogens is 318 g/mol. The Labute approximate surface area is 142 Å². The van der Waals surface area contributed by atoms with Crippen LogP contribution in [0.4, 0.5) is 0 Å². The summed E-state index contributed by atoms with van der Waals surface area (Å²) < 4.78 is 5.32. The van der Waals surface area contributed by atoms with Gasteiger partial charge in [-0.3, -0.25) is 4.79 Å². The Kier molecular flexibility index (Phi) is 7.06. The predicted molar refractivity (Wildman–Crippen MR) is 94.5 cm³/mol. The Bertz CT molecular complexity index is 509. The number of carbonyl (C=O) groups excluding carboxylic acids is 1. The van der Waals surface area contributed by atoms with Crippen LogP contribution in [0.2, 0.25) is 5.02 Å². The summed E-state index contributed by atoms with van der Waals surface area (Å²) in [6, 6.07) is 5.26. The van der Waals surface area contributed by atoms with Crippen LogP contribution in [-0.4, -0.2) is 49.4 Å². The molecular formula is C17H24ClNO2S. The second-order valence-electron chi connectivity index (χ2n) is 5.69. The zero-order chi connectivity index (χ0) is 15.9. The van der Waals surface area contributed by atoms with Gasteiger partial charge in [-0.05, 0) is 62.6 Å². The number of benzene rings is 1. The first kappa shape index (κ1) is 17.6. The number of hydrogen-bond acceptors (Lipinski definition) is 4. The van der Waals surface area contributed by atoms with Crippen molar-refractivity contribution >= 4 is 29.1 Å². The number of nitrogens with zero attached hydrogens (tertiary/aromatic N) is 1. The highest BCUT2D eigenvalue weighted by Gasteiger charge is 2.28. The lowest BCUT2D eigenvalue weighted by Gasteiger charge is -2.32. The van der Waals surface area contributed by atoms with E-state index in [1.54, 1.807) is 25.3 Å². The molecule has 1 fully saturated rings. The highest BCUT2D eigenvalue weighted by molar-refractivity contribution is 7.98. The largest absolute Gasteiger partial charge is 0.496 e. The molecule has 0 bridgehead atoms. The molecule has 0 amide bonds. The van der Waals surface area contributed by atoms with Gasteiger partial charge >= 0.3 is 0 Å². The summed E-state index contributed by atoms with van der Waals surface area (Å²) in [5.74, 6) is 2.01. The number of carbonyl (C=O) groups is 1. The van der Waals surface area contributed by atoms with Crippen LogP contribution in [0.1, 0.15) is 29.6 Å². The molecule has 22 heavy (non-hydrogen) atoms. The van der Waals surface area contributed by atoms with Gasteiger partial charge in [0, 0.05) is 17.5 Å². The molecule has 5 heteroatoms. The van der Waals surface area contributed by atoms with Crippen LogP contribution in [0.25, 0.3) is 0 Å². The van der Waals surface area contributed by atoms with Crippen LogP contribution in [0.5, 0.6) is 5.75 Å². The highest BCUT2D eigenvalue weighted by atomic mass is 35.5. The first-order chi connectivity index (χ1) is 10.7. The number of likely N-dealkylation sites (tertiary alicyclic amines) is 1. The molecule has 0 aliphatic carbocycles. The zero-order valence-electron chi connectivity index (χ0n) is 13.3. The van der Waals surface area contributed by atoms with Gasteiger partial charge in [-0.15, -0.1) is 0 Å². The van der Waals surface area contributed by atoms with Gasteiger partial charge in [0.1, 0.15) is 5.75 Å². The summed E-state index contributed by atoms with van der Waals surface area (Å²) in [5, 5.41) is 0.580. The normalized spacial score (nSPS) is 19.1. The van der Waals surface area contributed by atoms with Gasteiger partial charge in [0.15, 0.2) is 5.78 Å². The Morgan fingerprint density at radius 2 is 2.32 bits per heavy atom. The molecule has 1 aliphatic heterocycles. The van der Waals surface area contributed by atoms with Crippen molar-refractivity contribution < 1.29 is 9.53 Å². The smallest absolute Gasteiger partial charge is 0.170 e. The molecule has 1 atom stereocenters. The van der Waals surface area contributed by atoms with Crippen molar-refractivity contribution in [2.75, 3.05) is 38.8 Å². The number of Topliss-reactive ketones (excluding diaryl/α,β-unsaturated/α-hetero) is 1. The first-order valence-electron chi connectivity index (χ1n) is 7.74. The zero-order valence-corrected chi connectivity index (χ0v) is 14.9. The maximum atomic E-state index is 12.8. The molecule has 1 aliphatic rings. The van der Waals surface area contributed by atoms with Crippen LogP contribution < -0.4 is 4.74 Å². The monoisotopic (exact) mass is 341 g/mol. The summed E-state index contributed by atoms with van der Waals surface area (Å²) >= 11 is 7.93. The fourth-order valence-electron chi connectivity index (χ4n) is 3.00. The summed E-state index contributed by atoms with van der Waals surface area (Å²) in [4.78, 5) is 15.3. The van der Waals surface area contributed by atoms with Crippen molar-refractivity contribution in [3.63, 3.8) is 0 Å².